The summed E-state index contributed by atoms with van der Waals surface area (Å²) in [6, 6.07) is 5.71. The van der Waals surface area contributed by atoms with Gasteiger partial charge in [-0.1, -0.05) is 6.07 Å². The number of nitrogens with one attached hydrogen (secondary N) is 2. The number of rotatable bonds is 6. The molecular weight excluding hydrogens is 310 g/mol. The third kappa shape index (κ3) is 4.27. The number of aromatic nitrogens is 2. The summed E-state index contributed by atoms with van der Waals surface area (Å²) in [5, 5.41) is 8.76. The molecule has 1 fully saturated rings. The molecule has 1 saturated heterocycles. The van der Waals surface area contributed by atoms with E-state index in [4.69, 9.17) is 0 Å². The van der Waals surface area contributed by atoms with Crippen LogP contribution < -0.4 is 10.6 Å². The molecule has 3 heterocycles. The molecule has 0 aromatic carbocycles. The lowest BCUT2D eigenvalue weighted by Crippen LogP contribution is -2.41. The van der Waals surface area contributed by atoms with Crippen LogP contribution in [-0.2, 0) is 4.79 Å². The number of amides is 1. The fraction of sp³-hybridized carbons (Fsp3) is 0.438. The lowest BCUT2D eigenvalue weighted by molar-refractivity contribution is -0.120. The molecule has 0 aliphatic carbocycles. The fourth-order valence-corrected chi connectivity index (χ4v) is 3.29. The van der Waals surface area contributed by atoms with E-state index in [2.05, 4.69) is 25.5 Å². The van der Waals surface area contributed by atoms with Gasteiger partial charge in [-0.3, -0.25) is 9.69 Å². The van der Waals surface area contributed by atoms with Gasteiger partial charge >= 0.3 is 0 Å². The molecule has 2 atom stereocenters. The minimum Gasteiger partial charge on any atom is -0.370 e. The number of likely N-dealkylation sites (tertiary alicyclic amines) is 1. The van der Waals surface area contributed by atoms with Gasteiger partial charge < -0.3 is 10.6 Å². The van der Waals surface area contributed by atoms with E-state index in [0.29, 0.717) is 11.0 Å². The van der Waals surface area contributed by atoms with Crippen molar-refractivity contribution in [3.8, 4) is 0 Å². The van der Waals surface area contributed by atoms with E-state index in [1.54, 1.807) is 12.4 Å². The highest BCUT2D eigenvalue weighted by atomic mass is 32.1. The molecule has 3 rings (SSSR count). The summed E-state index contributed by atoms with van der Waals surface area (Å²) in [5.74, 6) is 1.45. The first kappa shape index (κ1) is 15.9. The second-order valence-electron chi connectivity index (χ2n) is 5.75. The summed E-state index contributed by atoms with van der Waals surface area (Å²) in [7, 11) is 0. The second-order valence-corrected chi connectivity index (χ2v) is 6.64. The van der Waals surface area contributed by atoms with Gasteiger partial charge in [0.1, 0.15) is 5.82 Å². The SMILES string of the molecule is C[C@@H](C(=O)Nc1nccs1)N1CC[C@H](CNc2ccccn2)C1. The predicted molar refractivity (Wildman–Crippen MR) is 92.6 cm³/mol. The number of pyridine rings is 1. The van der Waals surface area contributed by atoms with Gasteiger partial charge in [-0.05, 0) is 37.9 Å². The first-order valence-corrected chi connectivity index (χ1v) is 8.69. The van der Waals surface area contributed by atoms with Crippen LogP contribution in [0.3, 0.4) is 0 Å². The Balaban J connectivity index is 1.46. The number of hydrogen-bond donors (Lipinski definition) is 2. The number of carbonyl (C=O) groups excluding carboxylic acids is 1. The van der Waals surface area contributed by atoms with E-state index < -0.39 is 0 Å². The average molecular weight is 331 g/mol. The van der Waals surface area contributed by atoms with Crippen molar-refractivity contribution in [2.24, 2.45) is 5.92 Å². The van der Waals surface area contributed by atoms with Crippen molar-refractivity contribution in [1.29, 1.82) is 0 Å². The maximum atomic E-state index is 12.3. The van der Waals surface area contributed by atoms with E-state index >= 15 is 0 Å². The molecule has 0 radical (unpaired) electrons. The molecule has 0 spiro atoms. The van der Waals surface area contributed by atoms with Gasteiger partial charge in [0.15, 0.2) is 5.13 Å². The third-order valence-corrected chi connectivity index (χ3v) is 4.83. The van der Waals surface area contributed by atoms with E-state index in [-0.39, 0.29) is 11.9 Å². The van der Waals surface area contributed by atoms with Crippen molar-refractivity contribution in [2.75, 3.05) is 30.3 Å². The molecule has 2 aromatic heterocycles. The van der Waals surface area contributed by atoms with Crippen LogP contribution in [0.1, 0.15) is 13.3 Å². The Labute approximate surface area is 140 Å². The van der Waals surface area contributed by atoms with Crippen LogP contribution in [0.4, 0.5) is 10.9 Å². The van der Waals surface area contributed by atoms with Gasteiger partial charge in [0.05, 0.1) is 6.04 Å². The molecule has 23 heavy (non-hydrogen) atoms. The third-order valence-electron chi connectivity index (χ3n) is 4.14. The van der Waals surface area contributed by atoms with Crippen molar-refractivity contribution < 1.29 is 4.79 Å². The zero-order valence-electron chi connectivity index (χ0n) is 13.1. The molecule has 0 saturated carbocycles. The molecule has 1 amide bonds. The molecule has 2 N–H and O–H groups in total. The minimum atomic E-state index is -0.140. The topological polar surface area (TPSA) is 70.2 Å². The first-order chi connectivity index (χ1) is 11.2. The van der Waals surface area contributed by atoms with Gasteiger partial charge in [-0.25, -0.2) is 9.97 Å². The Morgan fingerprint density at radius 2 is 2.35 bits per heavy atom. The quantitative estimate of drug-likeness (QED) is 0.850. The maximum Gasteiger partial charge on any atom is 0.243 e. The van der Waals surface area contributed by atoms with E-state index in [1.807, 2.05) is 30.5 Å². The summed E-state index contributed by atoms with van der Waals surface area (Å²) in [5.41, 5.74) is 0. The van der Waals surface area contributed by atoms with Crippen molar-refractivity contribution >= 4 is 28.2 Å². The van der Waals surface area contributed by atoms with Crippen LogP contribution in [-0.4, -0.2) is 46.5 Å². The average Bonchev–Trinajstić information content (AvgIpc) is 3.25. The molecule has 0 unspecified atom stereocenters. The number of hydrogen-bond acceptors (Lipinski definition) is 6. The number of thiazole rings is 1. The Morgan fingerprint density at radius 3 is 3.09 bits per heavy atom. The molecule has 1 aliphatic heterocycles. The number of nitrogens with zero attached hydrogens (tertiary/aromatic N) is 3. The Kier molecular flexibility index (Phi) is 5.19. The highest BCUT2D eigenvalue weighted by Gasteiger charge is 2.29. The maximum absolute atomic E-state index is 12.3. The predicted octanol–water partition coefficient (Wildman–Crippen LogP) is 2.30. The monoisotopic (exact) mass is 331 g/mol. The highest BCUT2D eigenvalue weighted by Crippen LogP contribution is 2.20. The van der Waals surface area contributed by atoms with Gasteiger partial charge in [-0.2, -0.15) is 0 Å². The standard InChI is InChI=1S/C16H21N5OS/c1-12(15(22)20-16-18-7-9-23-16)21-8-5-13(11-21)10-19-14-4-2-3-6-17-14/h2-4,6-7,9,12-13H,5,8,10-11H2,1H3,(H,17,19)(H,18,20,22)/t12-,13+/m0/s1. The summed E-state index contributed by atoms with van der Waals surface area (Å²) in [6.45, 7) is 4.71. The van der Waals surface area contributed by atoms with Crippen LogP contribution in [0.15, 0.2) is 36.0 Å². The summed E-state index contributed by atoms with van der Waals surface area (Å²) in [6.07, 6.45) is 4.57. The van der Waals surface area contributed by atoms with Crippen LogP contribution in [0.2, 0.25) is 0 Å². The van der Waals surface area contributed by atoms with Crippen molar-refractivity contribution in [3.05, 3.63) is 36.0 Å². The zero-order valence-corrected chi connectivity index (χ0v) is 13.9. The van der Waals surface area contributed by atoms with Crippen LogP contribution in [0.25, 0.3) is 0 Å². The lowest BCUT2D eigenvalue weighted by atomic mass is 10.1. The molecule has 1 aliphatic rings. The second kappa shape index (κ2) is 7.52. The summed E-state index contributed by atoms with van der Waals surface area (Å²) < 4.78 is 0. The highest BCUT2D eigenvalue weighted by molar-refractivity contribution is 7.13. The minimum absolute atomic E-state index is 0.0123. The van der Waals surface area contributed by atoms with Gasteiger partial charge in [-0.15, -0.1) is 11.3 Å². The van der Waals surface area contributed by atoms with Crippen molar-refractivity contribution in [3.63, 3.8) is 0 Å². The van der Waals surface area contributed by atoms with Gasteiger partial charge in [0, 0.05) is 30.9 Å². The van der Waals surface area contributed by atoms with Crippen LogP contribution in [0, 0.1) is 5.92 Å². The Morgan fingerprint density at radius 1 is 1.43 bits per heavy atom. The van der Waals surface area contributed by atoms with Gasteiger partial charge in [0.2, 0.25) is 5.91 Å². The molecule has 6 nitrogen and oxygen atoms in total. The van der Waals surface area contributed by atoms with Crippen molar-refractivity contribution in [2.45, 2.75) is 19.4 Å². The van der Waals surface area contributed by atoms with E-state index in [9.17, 15) is 4.79 Å². The number of anilines is 2. The molecule has 122 valence electrons. The summed E-state index contributed by atoms with van der Waals surface area (Å²) in [4.78, 5) is 22.9. The Hall–Kier alpha value is -1.99. The van der Waals surface area contributed by atoms with Crippen LogP contribution >= 0.6 is 11.3 Å². The summed E-state index contributed by atoms with van der Waals surface area (Å²) >= 11 is 1.44. The smallest absolute Gasteiger partial charge is 0.243 e. The largest absolute Gasteiger partial charge is 0.370 e. The molecule has 7 heteroatoms. The van der Waals surface area contributed by atoms with E-state index in [1.165, 1.54) is 11.3 Å². The molecular formula is C16H21N5OS. The zero-order chi connectivity index (χ0) is 16.1. The first-order valence-electron chi connectivity index (χ1n) is 7.81. The van der Waals surface area contributed by atoms with Crippen LogP contribution in [0.5, 0.6) is 0 Å². The molecule has 0 bridgehead atoms. The van der Waals surface area contributed by atoms with Gasteiger partial charge in [0.25, 0.3) is 0 Å². The molecule has 2 aromatic rings. The Bertz CT molecular complexity index is 619. The van der Waals surface area contributed by atoms with E-state index in [0.717, 1.165) is 31.9 Å². The number of carbonyl (C=O) groups is 1. The fourth-order valence-electron chi connectivity index (χ4n) is 2.76. The normalized spacial score (nSPS) is 19.4. The lowest BCUT2D eigenvalue weighted by Gasteiger charge is -2.23. The van der Waals surface area contributed by atoms with Crippen molar-refractivity contribution in [1.82, 2.24) is 14.9 Å².